The number of aryl methyl sites for hydroxylation is 1. The van der Waals surface area contributed by atoms with Gasteiger partial charge < -0.3 is 4.74 Å². The second kappa shape index (κ2) is 6.69. The van der Waals surface area contributed by atoms with Gasteiger partial charge in [-0.1, -0.05) is 18.2 Å². The van der Waals surface area contributed by atoms with Gasteiger partial charge in [0.15, 0.2) is 0 Å². The highest BCUT2D eigenvalue weighted by molar-refractivity contribution is 7.89. The molecule has 0 fully saturated rings. The van der Waals surface area contributed by atoms with Crippen LogP contribution < -0.4 is 4.72 Å². The van der Waals surface area contributed by atoms with Crippen molar-refractivity contribution in [3.8, 4) is 0 Å². The Morgan fingerprint density at radius 2 is 2.18 bits per heavy atom. The first kappa shape index (κ1) is 16.0. The smallest absolute Gasteiger partial charge is 0.212 e. The molecule has 3 rings (SSSR count). The molecule has 5 heteroatoms. The Balaban J connectivity index is 1.69. The molecule has 0 heterocycles. The van der Waals surface area contributed by atoms with Crippen LogP contribution >= 0.6 is 0 Å². The van der Waals surface area contributed by atoms with Gasteiger partial charge in [-0.2, -0.15) is 0 Å². The summed E-state index contributed by atoms with van der Waals surface area (Å²) < 4.78 is 32.5. The predicted octanol–water partition coefficient (Wildman–Crippen LogP) is 2.90. The van der Waals surface area contributed by atoms with E-state index in [1.165, 1.54) is 29.5 Å². The number of nitrogens with one attached hydrogen (secondary N) is 1. The van der Waals surface area contributed by atoms with Crippen molar-refractivity contribution in [2.45, 2.75) is 50.5 Å². The summed E-state index contributed by atoms with van der Waals surface area (Å²) in [4.78, 5) is 0. The van der Waals surface area contributed by atoms with Gasteiger partial charge in [-0.25, -0.2) is 13.1 Å². The Labute approximate surface area is 133 Å². The van der Waals surface area contributed by atoms with Crippen LogP contribution in [0.3, 0.4) is 0 Å². The van der Waals surface area contributed by atoms with Crippen LogP contribution in [-0.4, -0.2) is 27.9 Å². The van der Waals surface area contributed by atoms with Crippen LogP contribution in [0.4, 0.5) is 0 Å². The quantitative estimate of drug-likeness (QED) is 0.785. The Hall–Kier alpha value is -0.910. The molecular weight excluding hydrogens is 298 g/mol. The zero-order valence-electron chi connectivity index (χ0n) is 13.2. The predicted molar refractivity (Wildman–Crippen MR) is 87.5 cm³/mol. The molecule has 2 atom stereocenters. The molecule has 1 N–H and O–H groups in total. The third-order valence-electron chi connectivity index (χ3n) is 4.87. The van der Waals surface area contributed by atoms with Crippen LogP contribution in [-0.2, 0) is 21.2 Å². The van der Waals surface area contributed by atoms with Crippen molar-refractivity contribution in [3.63, 3.8) is 0 Å². The van der Waals surface area contributed by atoms with Crippen molar-refractivity contribution < 1.29 is 13.2 Å². The van der Waals surface area contributed by atoms with Gasteiger partial charge in [-0.15, -0.1) is 0 Å². The van der Waals surface area contributed by atoms with E-state index in [-0.39, 0.29) is 11.8 Å². The van der Waals surface area contributed by atoms with Crippen molar-refractivity contribution in [1.82, 2.24) is 4.72 Å². The summed E-state index contributed by atoms with van der Waals surface area (Å²) in [7, 11) is -1.58. The summed E-state index contributed by atoms with van der Waals surface area (Å²) in [5, 5.41) is 0. The van der Waals surface area contributed by atoms with Gasteiger partial charge in [0.1, 0.15) is 0 Å². The van der Waals surface area contributed by atoms with Crippen molar-refractivity contribution in [2.75, 3.05) is 19.5 Å². The topological polar surface area (TPSA) is 55.4 Å². The molecule has 2 aliphatic carbocycles. The van der Waals surface area contributed by atoms with E-state index in [0.29, 0.717) is 18.9 Å². The number of ether oxygens (including phenoxy) is 1. The highest BCUT2D eigenvalue weighted by Crippen LogP contribution is 2.47. The molecule has 122 valence electrons. The molecule has 0 aromatic heterocycles. The van der Waals surface area contributed by atoms with E-state index < -0.39 is 10.0 Å². The summed E-state index contributed by atoms with van der Waals surface area (Å²) in [5.41, 5.74) is 4.07. The first-order chi connectivity index (χ1) is 10.6. The highest BCUT2D eigenvalue weighted by Gasteiger charge is 2.36. The Morgan fingerprint density at radius 1 is 1.32 bits per heavy atom. The third kappa shape index (κ3) is 3.36. The van der Waals surface area contributed by atoms with Crippen molar-refractivity contribution in [1.29, 1.82) is 0 Å². The van der Waals surface area contributed by atoms with Crippen LogP contribution in [0.15, 0.2) is 18.2 Å². The van der Waals surface area contributed by atoms with Crippen molar-refractivity contribution >= 4 is 10.0 Å². The van der Waals surface area contributed by atoms with E-state index in [0.717, 1.165) is 19.3 Å². The van der Waals surface area contributed by atoms with Gasteiger partial charge in [0.05, 0.1) is 5.75 Å². The summed E-state index contributed by atoms with van der Waals surface area (Å²) in [6.07, 6.45) is 5.89. The zero-order valence-corrected chi connectivity index (χ0v) is 14.0. The average molecular weight is 323 g/mol. The highest BCUT2D eigenvalue weighted by atomic mass is 32.2. The fourth-order valence-corrected chi connectivity index (χ4v) is 5.27. The number of methoxy groups -OCH3 is 1. The molecule has 0 unspecified atom stereocenters. The lowest BCUT2D eigenvalue weighted by atomic mass is 9.84. The molecule has 1 aromatic carbocycles. The lowest BCUT2D eigenvalue weighted by molar-refractivity contribution is 0.194. The van der Waals surface area contributed by atoms with E-state index >= 15 is 0 Å². The molecule has 0 bridgehead atoms. The molecule has 22 heavy (non-hydrogen) atoms. The van der Waals surface area contributed by atoms with E-state index in [1.54, 1.807) is 7.11 Å². The summed E-state index contributed by atoms with van der Waals surface area (Å²) in [6.45, 7) is 0.618. The first-order valence-electron chi connectivity index (χ1n) is 8.21. The summed E-state index contributed by atoms with van der Waals surface area (Å²) in [5.74, 6) is 0.730. The lowest BCUT2D eigenvalue weighted by Crippen LogP contribution is -2.29. The Bertz CT molecular complexity index is 627. The monoisotopic (exact) mass is 323 g/mol. The molecule has 0 radical (unpaired) electrons. The minimum absolute atomic E-state index is 0.0366. The number of unbranched alkanes of at least 4 members (excludes halogenated alkanes) is 1. The number of hydrogen-bond donors (Lipinski definition) is 1. The normalized spacial score (nSPS) is 23.5. The molecule has 0 saturated carbocycles. The van der Waals surface area contributed by atoms with Crippen LogP contribution in [0.1, 0.15) is 60.8 Å². The standard InChI is InChI=1S/C17H25NO3S/c1-21-10-2-3-11-22(19,20)18-16-12-14-8-4-6-13-7-5-9-15(16)17(13)14/h5,7,9,14,16,18H,2-4,6,8,10-12H2,1H3/t14-,16+/m1/s1. The van der Waals surface area contributed by atoms with Gasteiger partial charge >= 0.3 is 0 Å². The van der Waals surface area contributed by atoms with Crippen LogP contribution in [0.25, 0.3) is 0 Å². The number of benzene rings is 1. The van der Waals surface area contributed by atoms with E-state index in [9.17, 15) is 8.42 Å². The molecule has 0 aliphatic heterocycles. The van der Waals surface area contributed by atoms with E-state index in [1.807, 2.05) is 0 Å². The van der Waals surface area contributed by atoms with E-state index in [4.69, 9.17) is 4.74 Å². The van der Waals surface area contributed by atoms with Gasteiger partial charge in [0.2, 0.25) is 10.0 Å². The lowest BCUT2D eigenvalue weighted by Gasteiger charge is -2.20. The first-order valence-corrected chi connectivity index (χ1v) is 9.86. The number of rotatable bonds is 7. The molecule has 0 spiro atoms. The molecule has 1 aromatic rings. The summed E-state index contributed by atoms with van der Waals surface area (Å²) in [6, 6.07) is 6.34. The van der Waals surface area contributed by atoms with Crippen molar-refractivity contribution in [2.24, 2.45) is 0 Å². The van der Waals surface area contributed by atoms with Gasteiger partial charge in [-0.3, -0.25) is 0 Å². The minimum Gasteiger partial charge on any atom is -0.385 e. The zero-order chi connectivity index (χ0) is 15.6. The fraction of sp³-hybridized carbons (Fsp3) is 0.647. The molecule has 4 nitrogen and oxygen atoms in total. The maximum atomic E-state index is 12.3. The molecule has 0 amide bonds. The number of sulfonamides is 1. The molecule has 2 aliphatic rings. The Morgan fingerprint density at radius 3 is 3.00 bits per heavy atom. The maximum absolute atomic E-state index is 12.3. The molecule has 0 saturated heterocycles. The second-order valence-electron chi connectivity index (χ2n) is 6.43. The largest absolute Gasteiger partial charge is 0.385 e. The van der Waals surface area contributed by atoms with E-state index in [2.05, 4.69) is 22.9 Å². The maximum Gasteiger partial charge on any atom is 0.212 e. The van der Waals surface area contributed by atoms with Gasteiger partial charge in [-0.05, 0) is 61.1 Å². The van der Waals surface area contributed by atoms with Gasteiger partial charge in [0, 0.05) is 19.8 Å². The van der Waals surface area contributed by atoms with Crippen LogP contribution in [0.5, 0.6) is 0 Å². The average Bonchev–Trinajstić information content (AvgIpc) is 2.84. The summed E-state index contributed by atoms with van der Waals surface area (Å²) >= 11 is 0. The SMILES string of the molecule is COCCCCS(=O)(=O)N[C@H]1C[C@H]2CCCc3cccc1c32. The number of hydrogen-bond acceptors (Lipinski definition) is 3. The second-order valence-corrected chi connectivity index (χ2v) is 8.31. The fourth-order valence-electron chi connectivity index (χ4n) is 3.91. The van der Waals surface area contributed by atoms with Crippen molar-refractivity contribution in [3.05, 3.63) is 34.9 Å². The van der Waals surface area contributed by atoms with Crippen LogP contribution in [0, 0.1) is 0 Å². The minimum atomic E-state index is -3.22. The van der Waals surface area contributed by atoms with Gasteiger partial charge in [0.25, 0.3) is 0 Å². The Kier molecular flexibility index (Phi) is 4.85. The third-order valence-corrected chi connectivity index (χ3v) is 6.34. The van der Waals surface area contributed by atoms with Crippen LogP contribution in [0.2, 0.25) is 0 Å². The molecular formula is C17H25NO3S.